The molecule has 1 aliphatic rings. The van der Waals surface area contributed by atoms with Crippen LogP contribution in [-0.2, 0) is 16.0 Å². The molecule has 32 heavy (non-hydrogen) atoms. The summed E-state index contributed by atoms with van der Waals surface area (Å²) in [4.78, 5) is 31.0. The molecule has 0 bridgehead atoms. The molecule has 0 unspecified atom stereocenters. The molecule has 0 spiro atoms. The standard InChI is InChI=1S/C24H25N3O4S/c1-3-11-27-20-13-17(7-10-21(20)31-14-23(27)29)19-15-32-24(25-19)26-22(28)12-16-5-8-18(9-6-16)30-4-2/h5-10,13,15H,3-4,11-12,14H2,1-2H3,(H,25,26,28). The first-order valence-corrected chi connectivity index (χ1v) is 11.5. The van der Waals surface area contributed by atoms with Gasteiger partial charge in [-0.15, -0.1) is 11.3 Å². The van der Waals surface area contributed by atoms with E-state index in [-0.39, 0.29) is 24.8 Å². The topological polar surface area (TPSA) is 80.8 Å². The number of ether oxygens (including phenoxy) is 2. The Morgan fingerprint density at radius 3 is 2.78 bits per heavy atom. The fourth-order valence-electron chi connectivity index (χ4n) is 3.51. The van der Waals surface area contributed by atoms with E-state index in [9.17, 15) is 9.59 Å². The molecule has 0 aliphatic carbocycles. The van der Waals surface area contributed by atoms with Gasteiger partial charge in [0.15, 0.2) is 11.7 Å². The molecule has 0 saturated carbocycles. The van der Waals surface area contributed by atoms with Crippen LogP contribution in [0, 0.1) is 0 Å². The van der Waals surface area contributed by atoms with Crippen LogP contribution >= 0.6 is 11.3 Å². The van der Waals surface area contributed by atoms with Gasteiger partial charge in [-0.25, -0.2) is 4.98 Å². The summed E-state index contributed by atoms with van der Waals surface area (Å²) >= 11 is 1.37. The summed E-state index contributed by atoms with van der Waals surface area (Å²) in [6, 6.07) is 13.2. The summed E-state index contributed by atoms with van der Waals surface area (Å²) in [5, 5.41) is 5.29. The number of nitrogens with zero attached hydrogens (tertiary/aromatic N) is 2. The Kier molecular flexibility index (Phi) is 6.70. The summed E-state index contributed by atoms with van der Waals surface area (Å²) in [5.41, 5.74) is 3.27. The summed E-state index contributed by atoms with van der Waals surface area (Å²) in [6.07, 6.45) is 1.11. The average Bonchev–Trinajstić information content (AvgIpc) is 3.25. The summed E-state index contributed by atoms with van der Waals surface area (Å²) in [7, 11) is 0. The van der Waals surface area contributed by atoms with Crippen LogP contribution < -0.4 is 19.7 Å². The number of thiazole rings is 1. The highest BCUT2D eigenvalue weighted by Gasteiger charge is 2.25. The normalized spacial score (nSPS) is 12.8. The zero-order valence-corrected chi connectivity index (χ0v) is 18.9. The summed E-state index contributed by atoms with van der Waals surface area (Å²) in [6.45, 7) is 5.28. The van der Waals surface area contributed by atoms with E-state index in [1.54, 1.807) is 4.90 Å². The first-order chi connectivity index (χ1) is 15.6. The Morgan fingerprint density at radius 2 is 2.03 bits per heavy atom. The van der Waals surface area contributed by atoms with Crippen molar-refractivity contribution >= 4 is 34.0 Å². The molecule has 1 aliphatic heterocycles. The van der Waals surface area contributed by atoms with Crippen molar-refractivity contribution in [3.63, 3.8) is 0 Å². The van der Waals surface area contributed by atoms with Crippen molar-refractivity contribution in [3.05, 3.63) is 53.4 Å². The maximum Gasteiger partial charge on any atom is 0.265 e. The van der Waals surface area contributed by atoms with Crippen LogP contribution in [0.25, 0.3) is 11.3 Å². The number of nitrogens with one attached hydrogen (secondary N) is 1. The highest BCUT2D eigenvalue weighted by molar-refractivity contribution is 7.14. The molecular weight excluding hydrogens is 426 g/mol. The minimum atomic E-state index is -0.131. The average molecular weight is 452 g/mol. The maximum absolute atomic E-state index is 12.4. The summed E-state index contributed by atoms with van der Waals surface area (Å²) in [5.74, 6) is 1.31. The second-order valence-corrected chi connectivity index (χ2v) is 8.21. The van der Waals surface area contributed by atoms with Gasteiger partial charge in [0.05, 0.1) is 24.4 Å². The van der Waals surface area contributed by atoms with Crippen LogP contribution in [0.2, 0.25) is 0 Å². The minimum Gasteiger partial charge on any atom is -0.494 e. The van der Waals surface area contributed by atoms with Crippen molar-refractivity contribution in [3.8, 4) is 22.8 Å². The third kappa shape index (κ3) is 4.91. The van der Waals surface area contributed by atoms with Crippen molar-refractivity contribution in [2.24, 2.45) is 0 Å². The van der Waals surface area contributed by atoms with Crippen molar-refractivity contribution < 1.29 is 19.1 Å². The second-order valence-electron chi connectivity index (χ2n) is 7.36. The van der Waals surface area contributed by atoms with Gasteiger partial charge in [0.25, 0.3) is 5.91 Å². The molecule has 1 N–H and O–H groups in total. The molecule has 7 nitrogen and oxygen atoms in total. The molecule has 4 rings (SSSR count). The number of carbonyl (C=O) groups excluding carboxylic acids is 2. The largest absolute Gasteiger partial charge is 0.494 e. The smallest absolute Gasteiger partial charge is 0.265 e. The van der Waals surface area contributed by atoms with E-state index in [0.717, 1.165) is 34.7 Å². The molecule has 1 aromatic heterocycles. The van der Waals surface area contributed by atoms with Gasteiger partial charge in [0, 0.05) is 17.5 Å². The van der Waals surface area contributed by atoms with Crippen molar-refractivity contribution in [1.82, 2.24) is 4.98 Å². The van der Waals surface area contributed by atoms with Gasteiger partial charge in [-0.1, -0.05) is 19.1 Å². The van der Waals surface area contributed by atoms with Crippen molar-refractivity contribution in [1.29, 1.82) is 0 Å². The molecule has 0 saturated heterocycles. The molecule has 2 amide bonds. The fourth-order valence-corrected chi connectivity index (χ4v) is 4.25. The van der Waals surface area contributed by atoms with E-state index in [4.69, 9.17) is 9.47 Å². The van der Waals surface area contributed by atoms with Gasteiger partial charge >= 0.3 is 0 Å². The lowest BCUT2D eigenvalue weighted by Crippen LogP contribution is -2.39. The lowest BCUT2D eigenvalue weighted by molar-refractivity contribution is -0.121. The highest BCUT2D eigenvalue weighted by atomic mass is 32.1. The third-order valence-corrected chi connectivity index (χ3v) is 5.75. The van der Waals surface area contributed by atoms with Crippen LogP contribution in [0.3, 0.4) is 0 Å². The van der Waals surface area contributed by atoms with Gasteiger partial charge in [-0.3, -0.25) is 9.59 Å². The Hall–Kier alpha value is -3.39. The molecule has 166 valence electrons. The molecule has 0 fully saturated rings. The number of anilines is 2. The number of hydrogen-bond donors (Lipinski definition) is 1. The summed E-state index contributed by atoms with van der Waals surface area (Å²) < 4.78 is 11.0. The highest BCUT2D eigenvalue weighted by Crippen LogP contribution is 2.36. The molecular formula is C24H25N3O4S. The van der Waals surface area contributed by atoms with Crippen LogP contribution in [0.4, 0.5) is 10.8 Å². The number of hydrogen-bond acceptors (Lipinski definition) is 6. The van der Waals surface area contributed by atoms with Crippen molar-refractivity contribution in [2.75, 3.05) is 30.0 Å². The number of aromatic nitrogens is 1. The molecule has 8 heteroatoms. The number of benzene rings is 2. The van der Waals surface area contributed by atoms with Gasteiger partial charge < -0.3 is 19.7 Å². The van der Waals surface area contributed by atoms with Gasteiger partial charge in [0.1, 0.15) is 11.5 Å². The number of amides is 2. The van der Waals surface area contributed by atoms with Crippen LogP contribution in [0.1, 0.15) is 25.8 Å². The zero-order valence-electron chi connectivity index (χ0n) is 18.1. The molecule has 0 radical (unpaired) electrons. The molecule has 0 atom stereocenters. The Balaban J connectivity index is 1.44. The fraction of sp³-hybridized carbons (Fsp3) is 0.292. The predicted molar refractivity (Wildman–Crippen MR) is 126 cm³/mol. The quantitative estimate of drug-likeness (QED) is 0.544. The Bertz CT molecular complexity index is 1110. The minimum absolute atomic E-state index is 0.0444. The lowest BCUT2D eigenvalue weighted by Gasteiger charge is -2.29. The number of carbonyl (C=O) groups is 2. The van der Waals surface area contributed by atoms with Crippen molar-refractivity contribution in [2.45, 2.75) is 26.7 Å². The van der Waals surface area contributed by atoms with E-state index < -0.39 is 0 Å². The number of rotatable bonds is 8. The molecule has 3 aromatic rings. The second kappa shape index (κ2) is 9.82. The number of fused-ring (bicyclic) bond motifs is 1. The lowest BCUT2D eigenvalue weighted by atomic mass is 10.1. The van der Waals surface area contributed by atoms with Gasteiger partial charge in [-0.2, -0.15) is 0 Å². The predicted octanol–water partition coefficient (Wildman–Crippen LogP) is 4.53. The molecule has 2 heterocycles. The van der Waals surface area contributed by atoms with Gasteiger partial charge in [0.2, 0.25) is 5.91 Å². The van der Waals surface area contributed by atoms with Crippen LogP contribution in [0.15, 0.2) is 47.8 Å². The molecule has 2 aromatic carbocycles. The van der Waals surface area contributed by atoms with E-state index in [2.05, 4.69) is 10.3 Å². The Morgan fingerprint density at radius 1 is 1.22 bits per heavy atom. The van der Waals surface area contributed by atoms with E-state index in [0.29, 0.717) is 24.0 Å². The SMILES string of the molecule is CCCN1C(=O)COc2ccc(-c3csc(NC(=O)Cc4ccc(OCC)cc4)n3)cc21. The van der Waals surface area contributed by atoms with E-state index in [1.165, 1.54) is 11.3 Å². The van der Waals surface area contributed by atoms with E-state index >= 15 is 0 Å². The first-order valence-electron chi connectivity index (χ1n) is 10.6. The maximum atomic E-state index is 12.4. The van der Waals surface area contributed by atoms with Gasteiger partial charge in [-0.05, 0) is 49.2 Å². The monoisotopic (exact) mass is 451 g/mol. The van der Waals surface area contributed by atoms with Crippen LogP contribution in [0.5, 0.6) is 11.5 Å². The Labute approximate surface area is 191 Å². The first kappa shape index (κ1) is 21.8. The van der Waals surface area contributed by atoms with Crippen LogP contribution in [-0.4, -0.2) is 36.6 Å². The van der Waals surface area contributed by atoms with E-state index in [1.807, 2.05) is 61.7 Å². The zero-order chi connectivity index (χ0) is 22.5. The third-order valence-electron chi connectivity index (χ3n) is 4.99.